The molecule has 7 nitrogen and oxygen atoms in total. The zero-order valence-electron chi connectivity index (χ0n) is 15.9. The number of nitrogens with one attached hydrogen (secondary N) is 2. The normalized spacial score (nSPS) is 14.2. The number of carbonyl (C=O) groups excluding carboxylic acids is 1. The molecule has 2 aromatic carbocycles. The molecule has 1 aromatic heterocycles. The lowest BCUT2D eigenvalue weighted by atomic mass is 9.98. The van der Waals surface area contributed by atoms with E-state index in [4.69, 9.17) is 4.52 Å². The van der Waals surface area contributed by atoms with Gasteiger partial charge in [-0.1, -0.05) is 35.5 Å². The van der Waals surface area contributed by atoms with Crippen molar-refractivity contribution in [2.75, 3.05) is 36.4 Å². The van der Waals surface area contributed by atoms with E-state index >= 15 is 0 Å². The number of aromatic nitrogens is 1. The molecule has 0 saturated carbocycles. The lowest BCUT2D eigenvalue weighted by Crippen LogP contribution is -2.43. The van der Waals surface area contributed by atoms with Crippen LogP contribution in [0.15, 0.2) is 53.1 Å². The molecular formula is C21H20F2N4O3. The second kappa shape index (κ2) is 8.50. The van der Waals surface area contributed by atoms with Gasteiger partial charge in [-0.05, 0) is 17.7 Å². The smallest absolute Gasteiger partial charge is 0.315 e. The van der Waals surface area contributed by atoms with Crippen molar-refractivity contribution < 1.29 is 23.2 Å². The minimum absolute atomic E-state index is 0.0143. The van der Waals surface area contributed by atoms with Gasteiger partial charge in [0.1, 0.15) is 5.75 Å². The van der Waals surface area contributed by atoms with Crippen LogP contribution in [0.3, 0.4) is 0 Å². The molecule has 156 valence electrons. The van der Waals surface area contributed by atoms with Crippen LogP contribution < -0.4 is 15.5 Å². The number of hydrogen-bond acceptors (Lipinski definition) is 6. The molecule has 30 heavy (non-hydrogen) atoms. The van der Waals surface area contributed by atoms with E-state index in [0.717, 1.165) is 31.7 Å². The fourth-order valence-electron chi connectivity index (χ4n) is 3.41. The summed E-state index contributed by atoms with van der Waals surface area (Å²) in [5.41, 5.74) is 1.31. The van der Waals surface area contributed by atoms with Gasteiger partial charge in [-0.2, -0.15) is 8.78 Å². The van der Waals surface area contributed by atoms with Crippen LogP contribution in [0.4, 0.5) is 20.3 Å². The lowest BCUT2D eigenvalue weighted by molar-refractivity contribution is -0.126. The molecule has 1 fully saturated rings. The van der Waals surface area contributed by atoms with E-state index in [0.29, 0.717) is 11.4 Å². The number of amides is 1. The number of aromatic hydroxyl groups is 1. The van der Waals surface area contributed by atoms with E-state index in [1.807, 2.05) is 35.2 Å². The molecule has 1 aliphatic heterocycles. The van der Waals surface area contributed by atoms with Crippen molar-refractivity contribution in [3.05, 3.63) is 48.5 Å². The monoisotopic (exact) mass is 414 g/mol. The number of anilines is 2. The molecule has 2 heterocycles. The molecule has 3 aromatic rings. The first-order valence-corrected chi connectivity index (χ1v) is 9.48. The fourth-order valence-corrected chi connectivity index (χ4v) is 3.41. The first-order valence-electron chi connectivity index (χ1n) is 9.48. The maximum Gasteiger partial charge on any atom is 0.315 e. The Hall–Kier alpha value is -3.46. The van der Waals surface area contributed by atoms with Gasteiger partial charge >= 0.3 is 6.43 Å². The SMILES string of the molecule is O=C(Nc1ccc(-c2ccccc2)c(O)c1-c1cc(N2CCNCC2)no1)C(F)F. The zero-order chi connectivity index (χ0) is 21.1. The second-order valence-electron chi connectivity index (χ2n) is 6.83. The number of halogens is 2. The Bertz CT molecular complexity index is 1030. The lowest BCUT2D eigenvalue weighted by Gasteiger charge is -2.26. The van der Waals surface area contributed by atoms with E-state index in [1.165, 1.54) is 6.07 Å². The molecule has 1 aliphatic rings. The number of piperazine rings is 1. The van der Waals surface area contributed by atoms with Crippen molar-refractivity contribution >= 4 is 17.4 Å². The average Bonchev–Trinajstić information content (AvgIpc) is 3.25. The highest BCUT2D eigenvalue weighted by Gasteiger charge is 2.24. The summed E-state index contributed by atoms with van der Waals surface area (Å²) in [5.74, 6) is -0.924. The summed E-state index contributed by atoms with van der Waals surface area (Å²) >= 11 is 0. The molecule has 0 bridgehead atoms. The van der Waals surface area contributed by atoms with E-state index in [2.05, 4.69) is 15.8 Å². The molecule has 3 N–H and O–H groups in total. The Morgan fingerprint density at radius 1 is 1.17 bits per heavy atom. The van der Waals surface area contributed by atoms with Gasteiger partial charge in [-0.25, -0.2) is 0 Å². The average molecular weight is 414 g/mol. The highest BCUT2D eigenvalue weighted by atomic mass is 19.3. The number of phenols is 1. The van der Waals surface area contributed by atoms with E-state index in [9.17, 15) is 18.7 Å². The molecule has 1 saturated heterocycles. The summed E-state index contributed by atoms with van der Waals surface area (Å²) < 4.78 is 31.1. The minimum Gasteiger partial charge on any atom is -0.506 e. The molecule has 0 unspecified atom stereocenters. The van der Waals surface area contributed by atoms with Crippen molar-refractivity contribution in [3.8, 4) is 28.2 Å². The van der Waals surface area contributed by atoms with E-state index < -0.39 is 12.3 Å². The standard InChI is InChI=1S/C21H20F2N4O3/c22-20(23)21(29)25-15-7-6-14(13-4-2-1-3-5-13)19(28)18(15)16-12-17(26-30-16)27-10-8-24-9-11-27/h1-7,12,20,24,28H,8-11H2,(H,25,29). The first-order chi connectivity index (χ1) is 14.5. The predicted octanol–water partition coefficient (Wildman–Crippen LogP) is 3.33. The van der Waals surface area contributed by atoms with Crippen LogP contribution in [-0.2, 0) is 4.79 Å². The Morgan fingerprint density at radius 3 is 2.60 bits per heavy atom. The van der Waals surface area contributed by atoms with Gasteiger partial charge in [-0.15, -0.1) is 0 Å². The van der Waals surface area contributed by atoms with Gasteiger partial charge in [0, 0.05) is 37.8 Å². The van der Waals surface area contributed by atoms with Gasteiger partial charge in [0.15, 0.2) is 11.6 Å². The third kappa shape index (κ3) is 3.97. The Balaban J connectivity index is 1.78. The van der Waals surface area contributed by atoms with Crippen molar-refractivity contribution in [2.45, 2.75) is 6.43 Å². The summed E-state index contributed by atoms with van der Waals surface area (Å²) in [6.07, 6.45) is -3.19. The Morgan fingerprint density at radius 2 is 1.90 bits per heavy atom. The highest BCUT2D eigenvalue weighted by molar-refractivity contribution is 5.99. The third-order valence-corrected chi connectivity index (χ3v) is 4.90. The zero-order valence-corrected chi connectivity index (χ0v) is 15.9. The molecule has 0 spiro atoms. The van der Waals surface area contributed by atoms with Crippen LogP contribution in [0.5, 0.6) is 5.75 Å². The number of rotatable bonds is 5. The van der Waals surface area contributed by atoms with Crippen LogP contribution in [0, 0.1) is 0 Å². The van der Waals surface area contributed by atoms with Gasteiger partial charge < -0.3 is 25.2 Å². The van der Waals surface area contributed by atoms with Crippen molar-refractivity contribution in [3.63, 3.8) is 0 Å². The number of benzene rings is 2. The van der Waals surface area contributed by atoms with Gasteiger partial charge in [0.05, 0.1) is 11.3 Å². The summed E-state index contributed by atoms with van der Waals surface area (Å²) in [5, 5.41) is 20.5. The van der Waals surface area contributed by atoms with Crippen LogP contribution in [0.25, 0.3) is 22.5 Å². The largest absolute Gasteiger partial charge is 0.506 e. The fraction of sp³-hybridized carbons (Fsp3) is 0.238. The van der Waals surface area contributed by atoms with E-state index in [-0.39, 0.29) is 22.8 Å². The number of nitrogens with zero attached hydrogens (tertiary/aromatic N) is 2. The van der Waals surface area contributed by atoms with Gasteiger partial charge in [-0.3, -0.25) is 4.79 Å². The summed E-state index contributed by atoms with van der Waals surface area (Å²) in [7, 11) is 0. The maximum atomic E-state index is 12.8. The molecule has 1 amide bonds. The Labute approximate surface area is 171 Å². The van der Waals surface area contributed by atoms with Crippen LogP contribution in [0.1, 0.15) is 0 Å². The van der Waals surface area contributed by atoms with Crippen molar-refractivity contribution in [1.29, 1.82) is 0 Å². The Kier molecular flexibility index (Phi) is 5.62. The van der Waals surface area contributed by atoms with Crippen LogP contribution >= 0.6 is 0 Å². The van der Waals surface area contributed by atoms with Crippen LogP contribution in [0.2, 0.25) is 0 Å². The molecule has 0 radical (unpaired) electrons. The topological polar surface area (TPSA) is 90.6 Å². The molecular weight excluding hydrogens is 394 g/mol. The molecule has 0 aliphatic carbocycles. The maximum absolute atomic E-state index is 12.8. The first kappa shape index (κ1) is 19.8. The van der Waals surface area contributed by atoms with Gasteiger partial charge in [0.2, 0.25) is 0 Å². The second-order valence-corrected chi connectivity index (χ2v) is 6.83. The number of hydrogen-bond donors (Lipinski definition) is 3. The summed E-state index contributed by atoms with van der Waals surface area (Å²) in [4.78, 5) is 13.6. The molecule has 4 rings (SSSR count). The van der Waals surface area contributed by atoms with E-state index in [1.54, 1.807) is 12.1 Å². The minimum atomic E-state index is -3.19. The number of alkyl halides is 2. The summed E-state index contributed by atoms with van der Waals surface area (Å²) in [6.45, 7) is 3.06. The van der Waals surface area contributed by atoms with Gasteiger partial charge in [0.25, 0.3) is 5.91 Å². The third-order valence-electron chi connectivity index (χ3n) is 4.90. The number of carbonyl (C=O) groups is 1. The quantitative estimate of drug-likeness (QED) is 0.593. The highest BCUT2D eigenvalue weighted by Crippen LogP contribution is 2.44. The van der Waals surface area contributed by atoms with Crippen LogP contribution in [-0.4, -0.2) is 48.8 Å². The van der Waals surface area contributed by atoms with Crippen molar-refractivity contribution in [1.82, 2.24) is 10.5 Å². The van der Waals surface area contributed by atoms with Crippen molar-refractivity contribution in [2.24, 2.45) is 0 Å². The molecule has 0 atom stereocenters. The molecule has 9 heteroatoms. The number of phenolic OH excluding ortho intramolecular Hbond substituents is 1. The summed E-state index contributed by atoms with van der Waals surface area (Å²) in [6, 6.07) is 13.7. The predicted molar refractivity (Wildman–Crippen MR) is 109 cm³/mol.